The van der Waals surface area contributed by atoms with Crippen LogP contribution in [0.2, 0.25) is 0 Å². The van der Waals surface area contributed by atoms with Gasteiger partial charge in [0.25, 0.3) is 0 Å². The van der Waals surface area contributed by atoms with E-state index in [1.807, 2.05) is 13.8 Å². The van der Waals surface area contributed by atoms with Crippen molar-refractivity contribution in [2.24, 2.45) is 40.4 Å². The van der Waals surface area contributed by atoms with Crippen LogP contribution in [-0.4, -0.2) is 52.4 Å². The third-order valence-electron chi connectivity index (χ3n) is 9.65. The lowest BCUT2D eigenvalue weighted by Crippen LogP contribution is -2.66. The molecule has 2 fully saturated rings. The molecule has 198 valence electrons. The molecule has 2 saturated carbocycles. The highest BCUT2D eigenvalue weighted by Gasteiger charge is 2.76. The van der Waals surface area contributed by atoms with E-state index in [-0.39, 0.29) is 41.1 Å². The molecule has 4 aliphatic carbocycles. The summed E-state index contributed by atoms with van der Waals surface area (Å²) >= 11 is 0. The summed E-state index contributed by atoms with van der Waals surface area (Å²) in [6.45, 7) is 13.0. The minimum atomic E-state index is -2.12. The van der Waals surface area contributed by atoms with Crippen molar-refractivity contribution >= 4 is 17.7 Å². The highest BCUT2D eigenvalue weighted by atomic mass is 16.6. The molecule has 4 rings (SSSR count). The first kappa shape index (κ1) is 26.8. The van der Waals surface area contributed by atoms with Crippen LogP contribution in [0, 0.1) is 40.4 Å². The Morgan fingerprint density at radius 1 is 1.31 bits per heavy atom. The van der Waals surface area contributed by atoms with Crippen LogP contribution >= 0.6 is 0 Å². The Bertz CT molecular complexity index is 1050. The van der Waals surface area contributed by atoms with Gasteiger partial charge in [0.2, 0.25) is 0 Å². The molecule has 2 N–H and O–H groups in total. The maximum Gasteiger partial charge on any atom is 0.330 e. The fraction of sp³-hybridized carbons (Fsp3) is 0.690. The molecule has 0 aliphatic heterocycles. The average molecular weight is 501 g/mol. The number of ether oxygens (including phenoxy) is 2. The quantitative estimate of drug-likeness (QED) is 0.326. The Morgan fingerprint density at radius 2 is 1.97 bits per heavy atom. The van der Waals surface area contributed by atoms with Crippen LogP contribution in [0.15, 0.2) is 35.5 Å². The molecule has 7 nitrogen and oxygen atoms in total. The fourth-order valence-corrected chi connectivity index (χ4v) is 7.32. The molecule has 0 aromatic carbocycles. The molecule has 1 unspecified atom stereocenters. The van der Waals surface area contributed by atoms with Crippen molar-refractivity contribution in [3.05, 3.63) is 35.5 Å². The molecule has 4 aliphatic rings. The average Bonchev–Trinajstić information content (AvgIpc) is 3.31. The number of hydrogen-bond acceptors (Lipinski definition) is 7. The minimum absolute atomic E-state index is 0.0537. The van der Waals surface area contributed by atoms with Gasteiger partial charge in [-0.3, -0.25) is 9.59 Å². The van der Waals surface area contributed by atoms with E-state index in [0.29, 0.717) is 18.4 Å². The summed E-state index contributed by atoms with van der Waals surface area (Å²) in [5, 5.41) is 24.3. The van der Waals surface area contributed by atoms with E-state index in [1.54, 1.807) is 39.0 Å². The summed E-state index contributed by atoms with van der Waals surface area (Å²) in [5.41, 5.74) is -2.80. The lowest BCUT2D eigenvalue weighted by atomic mass is 9.59. The molecule has 0 aromatic rings. The Balaban J connectivity index is 1.85. The van der Waals surface area contributed by atoms with Gasteiger partial charge in [-0.2, -0.15) is 0 Å². The number of Topliss-reactive ketones (excluding diaryl/α,β-unsaturated/α-hetero) is 1. The highest BCUT2D eigenvalue weighted by Crippen LogP contribution is 2.71. The van der Waals surface area contributed by atoms with Gasteiger partial charge in [0.15, 0.2) is 17.5 Å². The summed E-state index contributed by atoms with van der Waals surface area (Å²) in [6.07, 6.45) is 4.80. The zero-order valence-corrected chi connectivity index (χ0v) is 22.4. The van der Waals surface area contributed by atoms with Gasteiger partial charge >= 0.3 is 11.9 Å². The van der Waals surface area contributed by atoms with Crippen LogP contribution < -0.4 is 0 Å². The van der Waals surface area contributed by atoms with E-state index in [1.165, 1.54) is 6.08 Å². The zero-order chi connectivity index (χ0) is 26.8. The summed E-state index contributed by atoms with van der Waals surface area (Å²) in [5.74, 6) is -2.16. The number of aliphatic hydroxyl groups excluding tert-OH is 1. The second-order valence-corrected chi connectivity index (χ2v) is 11.9. The molecule has 9 atom stereocenters. The maximum absolute atomic E-state index is 14.5. The Hall–Kier alpha value is -2.25. The summed E-state index contributed by atoms with van der Waals surface area (Å²) in [7, 11) is 0. The first-order chi connectivity index (χ1) is 16.8. The predicted octanol–water partition coefficient (Wildman–Crippen LogP) is 3.54. The molecule has 0 saturated heterocycles. The van der Waals surface area contributed by atoms with Crippen LogP contribution in [0.25, 0.3) is 0 Å². The van der Waals surface area contributed by atoms with Crippen LogP contribution in [0.1, 0.15) is 61.3 Å². The topological polar surface area (TPSA) is 110 Å². The monoisotopic (exact) mass is 500 g/mol. The number of hydrogen-bond donors (Lipinski definition) is 2. The second-order valence-electron chi connectivity index (χ2n) is 11.9. The molecule has 2 bridgehead atoms. The number of rotatable bonds is 6. The van der Waals surface area contributed by atoms with Gasteiger partial charge in [-0.15, -0.1) is 0 Å². The lowest BCUT2D eigenvalue weighted by Gasteiger charge is -2.49. The normalized spacial score (nSPS) is 41.3. The number of ketones is 1. The van der Waals surface area contributed by atoms with E-state index in [0.717, 1.165) is 0 Å². The van der Waals surface area contributed by atoms with E-state index < -0.39 is 47.0 Å². The van der Waals surface area contributed by atoms with Crippen molar-refractivity contribution in [2.45, 2.75) is 79.1 Å². The van der Waals surface area contributed by atoms with Crippen LogP contribution in [0.4, 0.5) is 0 Å². The Labute approximate surface area is 213 Å². The zero-order valence-electron chi connectivity index (χ0n) is 22.4. The second kappa shape index (κ2) is 8.95. The van der Waals surface area contributed by atoms with Gasteiger partial charge in [0.1, 0.15) is 12.7 Å². The molecule has 1 spiro atoms. The molecule has 0 heterocycles. The van der Waals surface area contributed by atoms with Gasteiger partial charge in [-0.1, -0.05) is 52.8 Å². The van der Waals surface area contributed by atoms with Gasteiger partial charge in [0, 0.05) is 12.0 Å². The first-order valence-corrected chi connectivity index (χ1v) is 13.1. The molecule has 0 amide bonds. The number of carbonyl (C=O) groups is 3. The Kier molecular flexibility index (Phi) is 6.66. The van der Waals surface area contributed by atoms with Crippen molar-refractivity contribution in [2.75, 3.05) is 6.61 Å². The fourth-order valence-electron chi connectivity index (χ4n) is 7.32. The van der Waals surface area contributed by atoms with Gasteiger partial charge in [-0.05, 0) is 61.0 Å². The molecule has 36 heavy (non-hydrogen) atoms. The van der Waals surface area contributed by atoms with Crippen LogP contribution in [0.3, 0.4) is 0 Å². The smallest absolute Gasteiger partial charge is 0.330 e. The number of allylic oxidation sites excluding steroid dienone is 2. The lowest BCUT2D eigenvalue weighted by molar-refractivity contribution is -0.205. The van der Waals surface area contributed by atoms with Crippen LogP contribution in [-0.2, 0) is 23.9 Å². The van der Waals surface area contributed by atoms with Crippen LogP contribution in [0.5, 0.6) is 0 Å². The van der Waals surface area contributed by atoms with Gasteiger partial charge in [-0.25, -0.2) is 4.79 Å². The van der Waals surface area contributed by atoms with E-state index in [4.69, 9.17) is 9.47 Å². The summed E-state index contributed by atoms with van der Waals surface area (Å²) in [4.78, 5) is 39.5. The van der Waals surface area contributed by atoms with Gasteiger partial charge < -0.3 is 19.7 Å². The first-order valence-electron chi connectivity index (χ1n) is 13.1. The summed E-state index contributed by atoms with van der Waals surface area (Å²) < 4.78 is 11.3. The van der Waals surface area contributed by atoms with Crippen molar-refractivity contribution in [1.82, 2.24) is 0 Å². The third kappa shape index (κ3) is 3.57. The highest BCUT2D eigenvalue weighted by molar-refractivity contribution is 5.95. The van der Waals surface area contributed by atoms with E-state index in [9.17, 15) is 24.6 Å². The van der Waals surface area contributed by atoms with E-state index in [2.05, 4.69) is 13.8 Å². The van der Waals surface area contributed by atoms with Crippen molar-refractivity contribution in [1.29, 1.82) is 0 Å². The molecule has 0 aromatic heterocycles. The van der Waals surface area contributed by atoms with Crippen molar-refractivity contribution < 1.29 is 34.1 Å². The number of fused-ring (bicyclic) bond motifs is 3. The van der Waals surface area contributed by atoms with E-state index >= 15 is 0 Å². The minimum Gasteiger partial charge on any atom is -0.458 e. The molecular formula is C29H40O7. The third-order valence-corrected chi connectivity index (χ3v) is 9.65. The number of esters is 2. The SMILES string of the molecule is C/C=C/C(=O)OCC1=C[C@@H]2C(=O)[C@]3(C=C(C)[C@H](OC(=O)C(C)CC)[C@@]3(O)[C@@H]1O)[C@H](C)C[C@@H]1[C@H]2C1(C)C. The van der Waals surface area contributed by atoms with Crippen molar-refractivity contribution in [3.8, 4) is 0 Å². The van der Waals surface area contributed by atoms with Gasteiger partial charge in [0.05, 0.1) is 11.3 Å². The molecule has 0 radical (unpaired) electrons. The largest absolute Gasteiger partial charge is 0.458 e. The number of carbonyl (C=O) groups excluding carboxylic acids is 3. The summed E-state index contributed by atoms with van der Waals surface area (Å²) in [6, 6.07) is 0. The molecular weight excluding hydrogens is 460 g/mol. The standard InChI is InChI=1S/C29H40O7/c1-8-10-21(30)35-14-18-12-19-22-20(27(22,6)7)11-17(5)28(24(19)32)13-16(4)25(29(28,34)23(18)31)36-26(33)15(3)9-2/h8,10,12-13,15,17,19-20,22-23,25,31,34H,9,11,14H2,1-7H3/b10-8+/t15?,17-,19+,20-,22+,23-,25+,28+,29+/m1/s1. The maximum atomic E-state index is 14.5. The van der Waals surface area contributed by atoms with Crippen molar-refractivity contribution in [3.63, 3.8) is 0 Å². The predicted molar refractivity (Wildman–Crippen MR) is 133 cm³/mol. The molecule has 7 heteroatoms. The number of aliphatic hydroxyl groups is 2. The Morgan fingerprint density at radius 3 is 2.58 bits per heavy atom.